The maximum atomic E-state index is 12.2. The molecule has 1 unspecified atom stereocenters. The molecule has 102 valence electrons. The molecule has 2 aliphatic rings. The van der Waals surface area contributed by atoms with Crippen LogP contribution in [0.4, 0.5) is 0 Å². The Bertz CT molecular complexity index is 735. The highest BCUT2D eigenvalue weighted by Gasteiger charge is 2.35. The third-order valence-electron chi connectivity index (χ3n) is 2.70. The number of nitrogens with one attached hydrogen (secondary N) is 1. The summed E-state index contributed by atoms with van der Waals surface area (Å²) in [4.78, 5) is 19.6. The van der Waals surface area contributed by atoms with Crippen molar-refractivity contribution in [2.24, 2.45) is 20.0 Å². The van der Waals surface area contributed by atoms with Gasteiger partial charge >= 0.3 is 0 Å². The standard InChI is InChI=1S/C11H10N6O2S/c18-20(19,17-5-8-3-1-2-4-12-8)11-9-10(14-6-13-9)15-7-16-11/h1-4,6-7,9,17H,5H2. The van der Waals surface area contributed by atoms with Gasteiger partial charge in [-0.1, -0.05) is 6.07 Å². The Morgan fingerprint density at radius 2 is 2.10 bits per heavy atom. The van der Waals surface area contributed by atoms with Crippen LogP contribution in [0.1, 0.15) is 5.69 Å². The SMILES string of the molecule is O=S(=O)(NCc1ccccn1)C1=NC=NC2=NC=NC21. The van der Waals surface area contributed by atoms with Crippen LogP contribution >= 0.6 is 0 Å². The van der Waals surface area contributed by atoms with E-state index in [1.165, 1.54) is 12.7 Å². The molecule has 1 aromatic heterocycles. The van der Waals surface area contributed by atoms with Crippen LogP contribution in [-0.2, 0) is 16.6 Å². The number of aliphatic imine (C=N–C) groups is 4. The minimum Gasteiger partial charge on any atom is -0.260 e. The summed E-state index contributed by atoms with van der Waals surface area (Å²) in [6, 6.07) is 4.53. The summed E-state index contributed by atoms with van der Waals surface area (Å²) in [5.74, 6) is 0.332. The van der Waals surface area contributed by atoms with Crippen molar-refractivity contribution in [3.63, 3.8) is 0 Å². The number of sulfonamides is 1. The van der Waals surface area contributed by atoms with Crippen LogP contribution in [-0.4, -0.2) is 43.0 Å². The van der Waals surface area contributed by atoms with Crippen molar-refractivity contribution in [1.82, 2.24) is 9.71 Å². The first-order valence-corrected chi connectivity index (χ1v) is 7.24. The monoisotopic (exact) mass is 290 g/mol. The van der Waals surface area contributed by atoms with E-state index in [0.717, 1.165) is 0 Å². The fourth-order valence-corrected chi connectivity index (χ4v) is 2.88. The van der Waals surface area contributed by atoms with Gasteiger partial charge in [0.25, 0.3) is 10.0 Å². The van der Waals surface area contributed by atoms with Gasteiger partial charge in [-0.15, -0.1) is 0 Å². The molecule has 0 bridgehead atoms. The highest BCUT2D eigenvalue weighted by atomic mass is 32.2. The van der Waals surface area contributed by atoms with Gasteiger partial charge in [0.05, 0.1) is 12.2 Å². The Morgan fingerprint density at radius 3 is 2.90 bits per heavy atom. The number of amidine groups is 1. The summed E-state index contributed by atoms with van der Waals surface area (Å²) in [5.41, 5.74) is 0.616. The fraction of sp³-hybridized carbons (Fsp3) is 0.182. The van der Waals surface area contributed by atoms with Crippen molar-refractivity contribution in [2.75, 3.05) is 0 Å². The molecular weight excluding hydrogens is 280 g/mol. The van der Waals surface area contributed by atoms with Crippen molar-refractivity contribution in [2.45, 2.75) is 12.6 Å². The number of aromatic nitrogens is 1. The number of nitrogens with zero attached hydrogens (tertiary/aromatic N) is 5. The highest BCUT2D eigenvalue weighted by Crippen LogP contribution is 2.13. The normalized spacial score (nSPS) is 20.5. The van der Waals surface area contributed by atoms with Crippen LogP contribution in [0.5, 0.6) is 0 Å². The largest absolute Gasteiger partial charge is 0.260 e. The van der Waals surface area contributed by atoms with Crippen LogP contribution in [0.3, 0.4) is 0 Å². The molecule has 0 aromatic carbocycles. The zero-order chi connectivity index (χ0) is 14.0. The predicted octanol–water partition coefficient (Wildman–Crippen LogP) is -0.250. The molecule has 9 heteroatoms. The number of fused-ring (bicyclic) bond motifs is 1. The molecule has 1 N–H and O–H groups in total. The number of hydrogen-bond donors (Lipinski definition) is 1. The van der Waals surface area contributed by atoms with Gasteiger partial charge in [-0.3, -0.25) is 9.98 Å². The number of pyridine rings is 1. The lowest BCUT2D eigenvalue weighted by Crippen LogP contribution is -2.40. The molecule has 2 aliphatic heterocycles. The zero-order valence-corrected chi connectivity index (χ0v) is 11.0. The van der Waals surface area contributed by atoms with Crippen molar-refractivity contribution >= 4 is 33.6 Å². The van der Waals surface area contributed by atoms with Gasteiger partial charge in [0.1, 0.15) is 12.7 Å². The van der Waals surface area contributed by atoms with E-state index in [2.05, 4.69) is 29.7 Å². The lowest BCUT2D eigenvalue weighted by molar-refractivity contribution is 0.591. The van der Waals surface area contributed by atoms with Gasteiger partial charge in [-0.05, 0) is 12.1 Å². The van der Waals surface area contributed by atoms with Crippen LogP contribution in [0.2, 0.25) is 0 Å². The van der Waals surface area contributed by atoms with E-state index in [4.69, 9.17) is 0 Å². The predicted molar refractivity (Wildman–Crippen MR) is 75.6 cm³/mol. The Hall–Kier alpha value is -2.26. The summed E-state index contributed by atoms with van der Waals surface area (Å²) in [6.07, 6.45) is 4.05. The second kappa shape index (κ2) is 5.02. The van der Waals surface area contributed by atoms with Gasteiger partial charge < -0.3 is 0 Å². The Kier molecular flexibility index (Phi) is 3.20. The molecule has 0 fully saturated rings. The van der Waals surface area contributed by atoms with Crippen LogP contribution in [0, 0.1) is 0 Å². The molecule has 3 rings (SSSR count). The lowest BCUT2D eigenvalue weighted by Gasteiger charge is -2.14. The summed E-state index contributed by atoms with van der Waals surface area (Å²) in [7, 11) is -3.76. The Morgan fingerprint density at radius 1 is 1.20 bits per heavy atom. The molecule has 0 radical (unpaired) electrons. The van der Waals surface area contributed by atoms with Crippen LogP contribution < -0.4 is 4.72 Å². The van der Waals surface area contributed by atoms with E-state index < -0.39 is 16.1 Å². The first kappa shape index (κ1) is 12.8. The van der Waals surface area contributed by atoms with Crippen molar-refractivity contribution in [1.29, 1.82) is 0 Å². The van der Waals surface area contributed by atoms with Crippen LogP contribution in [0.25, 0.3) is 0 Å². The van der Waals surface area contributed by atoms with E-state index in [9.17, 15) is 8.42 Å². The maximum absolute atomic E-state index is 12.2. The Labute approximate surface area is 115 Å². The molecule has 0 spiro atoms. The van der Waals surface area contributed by atoms with Gasteiger partial charge in [0.15, 0.2) is 16.9 Å². The maximum Gasteiger partial charge on any atom is 0.257 e. The summed E-state index contributed by atoms with van der Waals surface area (Å²) in [6.45, 7) is 0.0856. The van der Waals surface area contributed by atoms with Crippen molar-refractivity contribution in [3.05, 3.63) is 30.1 Å². The third-order valence-corrected chi connectivity index (χ3v) is 4.11. The molecule has 1 atom stereocenters. The average molecular weight is 290 g/mol. The van der Waals surface area contributed by atoms with Crippen molar-refractivity contribution < 1.29 is 8.42 Å². The molecule has 0 saturated heterocycles. The summed E-state index contributed by atoms with van der Waals surface area (Å²) < 4.78 is 26.9. The quantitative estimate of drug-likeness (QED) is 0.829. The second-order valence-corrected chi connectivity index (χ2v) is 5.73. The minimum absolute atomic E-state index is 0.0856. The van der Waals surface area contributed by atoms with Crippen molar-refractivity contribution in [3.8, 4) is 0 Å². The third kappa shape index (κ3) is 2.40. The fourth-order valence-electron chi connectivity index (χ4n) is 1.75. The number of hydrogen-bond acceptors (Lipinski definition) is 7. The lowest BCUT2D eigenvalue weighted by atomic mass is 10.3. The van der Waals surface area contributed by atoms with E-state index >= 15 is 0 Å². The van der Waals surface area contributed by atoms with E-state index in [1.807, 2.05) is 0 Å². The molecule has 8 nitrogen and oxygen atoms in total. The minimum atomic E-state index is -3.76. The van der Waals surface area contributed by atoms with Crippen LogP contribution in [0.15, 0.2) is 44.4 Å². The average Bonchev–Trinajstić information content (AvgIpc) is 2.94. The topological polar surface area (TPSA) is 108 Å². The molecule has 20 heavy (non-hydrogen) atoms. The summed E-state index contributed by atoms with van der Waals surface area (Å²) in [5, 5.41) is -0.101. The molecule has 1 aromatic rings. The number of rotatable bonds is 3. The van der Waals surface area contributed by atoms with Gasteiger partial charge in [-0.25, -0.2) is 28.1 Å². The smallest absolute Gasteiger partial charge is 0.257 e. The molecule has 0 amide bonds. The Balaban J connectivity index is 1.79. The van der Waals surface area contributed by atoms with E-state index in [0.29, 0.717) is 11.5 Å². The van der Waals surface area contributed by atoms with E-state index in [-0.39, 0.29) is 11.6 Å². The molecular formula is C11H10N6O2S. The van der Waals surface area contributed by atoms with Gasteiger partial charge in [-0.2, -0.15) is 0 Å². The molecule has 0 aliphatic carbocycles. The van der Waals surface area contributed by atoms with E-state index in [1.54, 1.807) is 24.4 Å². The first-order chi connectivity index (χ1) is 9.67. The van der Waals surface area contributed by atoms with Gasteiger partial charge in [0.2, 0.25) is 0 Å². The zero-order valence-electron chi connectivity index (χ0n) is 10.2. The first-order valence-electron chi connectivity index (χ1n) is 5.76. The summed E-state index contributed by atoms with van der Waals surface area (Å²) >= 11 is 0. The molecule has 0 saturated carbocycles. The molecule has 3 heterocycles. The highest BCUT2D eigenvalue weighted by molar-refractivity contribution is 8.05. The van der Waals surface area contributed by atoms with Gasteiger partial charge in [0, 0.05) is 6.20 Å². The second-order valence-electron chi connectivity index (χ2n) is 4.01.